The molecule has 0 bridgehead atoms. The zero-order valence-electron chi connectivity index (χ0n) is 11.5. The monoisotopic (exact) mass is 307 g/mol. The summed E-state index contributed by atoms with van der Waals surface area (Å²) in [5, 5.41) is 2.79. The number of hydrogen-bond acceptors (Lipinski definition) is 5. The first kappa shape index (κ1) is 14.2. The molecule has 1 aliphatic rings. The maximum absolute atomic E-state index is 11.9. The van der Waals surface area contributed by atoms with Gasteiger partial charge in [-0.25, -0.2) is 13.4 Å². The van der Waals surface area contributed by atoms with Gasteiger partial charge in [0.1, 0.15) is 5.65 Å². The Morgan fingerprint density at radius 1 is 1.38 bits per heavy atom. The van der Waals surface area contributed by atoms with Gasteiger partial charge in [0.15, 0.2) is 9.84 Å². The molecule has 112 valence electrons. The SMILES string of the molecule is O=c1cc(CNCC2CCCS2(=O)=O)nc2ccccn12. The quantitative estimate of drug-likeness (QED) is 0.882. The summed E-state index contributed by atoms with van der Waals surface area (Å²) < 4.78 is 24.9. The van der Waals surface area contributed by atoms with E-state index in [0.717, 1.165) is 6.42 Å². The van der Waals surface area contributed by atoms with Crippen LogP contribution >= 0.6 is 0 Å². The Bertz CT molecular complexity index is 814. The largest absolute Gasteiger partial charge is 0.310 e. The second-order valence-electron chi connectivity index (χ2n) is 5.28. The Morgan fingerprint density at radius 2 is 2.24 bits per heavy atom. The molecule has 21 heavy (non-hydrogen) atoms. The first-order valence-corrected chi connectivity index (χ1v) is 8.67. The second kappa shape index (κ2) is 5.57. The molecule has 3 heterocycles. The number of hydrogen-bond donors (Lipinski definition) is 1. The fourth-order valence-electron chi connectivity index (χ4n) is 2.64. The highest BCUT2D eigenvalue weighted by molar-refractivity contribution is 7.92. The lowest BCUT2D eigenvalue weighted by atomic mass is 10.2. The zero-order chi connectivity index (χ0) is 14.9. The number of sulfone groups is 1. The molecule has 7 heteroatoms. The average Bonchev–Trinajstić information content (AvgIpc) is 2.78. The van der Waals surface area contributed by atoms with Crippen molar-refractivity contribution in [2.24, 2.45) is 0 Å². The molecule has 0 aromatic carbocycles. The Kier molecular flexibility index (Phi) is 3.77. The van der Waals surface area contributed by atoms with Crippen molar-refractivity contribution >= 4 is 15.5 Å². The molecule has 1 N–H and O–H groups in total. The lowest BCUT2D eigenvalue weighted by Crippen LogP contribution is -2.31. The van der Waals surface area contributed by atoms with E-state index in [1.54, 1.807) is 18.3 Å². The minimum Gasteiger partial charge on any atom is -0.310 e. The molecule has 0 saturated carbocycles. The van der Waals surface area contributed by atoms with Gasteiger partial charge in [-0.3, -0.25) is 9.20 Å². The van der Waals surface area contributed by atoms with E-state index < -0.39 is 9.84 Å². The number of aromatic nitrogens is 2. The third-order valence-electron chi connectivity index (χ3n) is 3.76. The molecular formula is C14H17N3O3S. The smallest absolute Gasteiger partial charge is 0.258 e. The van der Waals surface area contributed by atoms with Crippen molar-refractivity contribution < 1.29 is 8.42 Å². The van der Waals surface area contributed by atoms with Gasteiger partial charge in [-0.15, -0.1) is 0 Å². The van der Waals surface area contributed by atoms with Crippen molar-refractivity contribution in [3.8, 4) is 0 Å². The van der Waals surface area contributed by atoms with Gasteiger partial charge in [0.05, 0.1) is 16.7 Å². The molecule has 1 fully saturated rings. The molecule has 1 aliphatic heterocycles. The summed E-state index contributed by atoms with van der Waals surface area (Å²) in [6.07, 6.45) is 3.13. The predicted molar refractivity (Wildman–Crippen MR) is 80.0 cm³/mol. The summed E-state index contributed by atoms with van der Waals surface area (Å²) in [5.74, 6) is 0.287. The van der Waals surface area contributed by atoms with Gasteiger partial charge < -0.3 is 5.32 Å². The number of nitrogens with one attached hydrogen (secondary N) is 1. The molecule has 0 radical (unpaired) electrons. The van der Waals surface area contributed by atoms with Gasteiger partial charge in [-0.1, -0.05) is 6.07 Å². The zero-order valence-corrected chi connectivity index (χ0v) is 12.3. The van der Waals surface area contributed by atoms with Crippen LogP contribution in [0.1, 0.15) is 18.5 Å². The summed E-state index contributed by atoms with van der Waals surface area (Å²) in [6, 6.07) is 6.85. The Labute approximate surface area is 122 Å². The predicted octanol–water partition coefficient (Wildman–Crippen LogP) is 0.361. The second-order valence-corrected chi connectivity index (χ2v) is 7.68. The van der Waals surface area contributed by atoms with E-state index in [1.165, 1.54) is 10.5 Å². The van der Waals surface area contributed by atoms with Crippen LogP contribution < -0.4 is 10.9 Å². The standard InChI is InChI=1S/C14H17N3O3S/c18-14-8-11(16-13-5-1-2-6-17(13)14)9-15-10-12-4-3-7-21(12,19)20/h1-2,5-6,8,12,15H,3-4,7,9-10H2. The Hall–Kier alpha value is -1.73. The van der Waals surface area contributed by atoms with E-state index >= 15 is 0 Å². The molecule has 0 spiro atoms. The highest BCUT2D eigenvalue weighted by atomic mass is 32.2. The van der Waals surface area contributed by atoms with E-state index in [9.17, 15) is 13.2 Å². The van der Waals surface area contributed by atoms with E-state index in [0.29, 0.717) is 30.9 Å². The van der Waals surface area contributed by atoms with Gasteiger partial charge in [0.25, 0.3) is 5.56 Å². The van der Waals surface area contributed by atoms with Crippen LogP contribution in [0, 0.1) is 0 Å². The number of pyridine rings is 1. The summed E-state index contributed by atoms with van der Waals surface area (Å²) >= 11 is 0. The van der Waals surface area contributed by atoms with Crippen LogP contribution in [-0.2, 0) is 16.4 Å². The molecule has 3 rings (SSSR count). The van der Waals surface area contributed by atoms with Crippen LogP contribution in [0.15, 0.2) is 35.3 Å². The normalized spacial score (nSPS) is 20.9. The van der Waals surface area contributed by atoms with Crippen molar-refractivity contribution in [1.29, 1.82) is 0 Å². The first-order chi connectivity index (χ1) is 10.1. The van der Waals surface area contributed by atoms with Gasteiger partial charge >= 0.3 is 0 Å². The van der Waals surface area contributed by atoms with Crippen molar-refractivity contribution in [3.05, 3.63) is 46.5 Å². The molecule has 6 nitrogen and oxygen atoms in total. The Balaban J connectivity index is 1.70. The highest BCUT2D eigenvalue weighted by Crippen LogP contribution is 2.19. The van der Waals surface area contributed by atoms with Crippen LogP contribution in [0.3, 0.4) is 0 Å². The lowest BCUT2D eigenvalue weighted by Gasteiger charge is -2.10. The van der Waals surface area contributed by atoms with Gasteiger partial charge in [-0.05, 0) is 25.0 Å². The van der Waals surface area contributed by atoms with Crippen molar-refractivity contribution in [1.82, 2.24) is 14.7 Å². The highest BCUT2D eigenvalue weighted by Gasteiger charge is 2.30. The van der Waals surface area contributed by atoms with Gasteiger partial charge in [0, 0.05) is 25.4 Å². The fraction of sp³-hybridized carbons (Fsp3) is 0.429. The van der Waals surface area contributed by atoms with E-state index in [4.69, 9.17) is 0 Å². The molecule has 0 aliphatic carbocycles. The summed E-state index contributed by atoms with van der Waals surface area (Å²) in [5.41, 5.74) is 1.09. The summed E-state index contributed by atoms with van der Waals surface area (Å²) in [6.45, 7) is 0.810. The lowest BCUT2D eigenvalue weighted by molar-refractivity contribution is 0.572. The molecule has 2 aromatic rings. The van der Waals surface area contributed by atoms with E-state index in [1.807, 2.05) is 6.07 Å². The minimum atomic E-state index is -2.93. The molecule has 1 atom stereocenters. The van der Waals surface area contributed by atoms with Crippen LogP contribution in [0.5, 0.6) is 0 Å². The third kappa shape index (κ3) is 2.98. The van der Waals surface area contributed by atoms with Crippen molar-refractivity contribution in [2.45, 2.75) is 24.6 Å². The number of rotatable bonds is 4. The van der Waals surface area contributed by atoms with Crippen molar-refractivity contribution in [3.63, 3.8) is 0 Å². The maximum atomic E-state index is 11.9. The average molecular weight is 307 g/mol. The van der Waals surface area contributed by atoms with Crippen LogP contribution in [0.2, 0.25) is 0 Å². The summed E-state index contributed by atoms with van der Waals surface area (Å²) in [4.78, 5) is 16.3. The van der Waals surface area contributed by atoms with Crippen LogP contribution in [0.25, 0.3) is 5.65 Å². The molecule has 1 unspecified atom stereocenters. The van der Waals surface area contributed by atoms with Gasteiger partial charge in [0.2, 0.25) is 0 Å². The molecular weight excluding hydrogens is 290 g/mol. The Morgan fingerprint density at radius 3 is 3.00 bits per heavy atom. The molecule has 1 saturated heterocycles. The fourth-order valence-corrected chi connectivity index (χ4v) is 4.44. The van der Waals surface area contributed by atoms with Crippen LogP contribution in [-0.4, -0.2) is 35.4 Å². The van der Waals surface area contributed by atoms with E-state index in [2.05, 4.69) is 10.3 Å². The topological polar surface area (TPSA) is 80.5 Å². The van der Waals surface area contributed by atoms with Crippen LogP contribution in [0.4, 0.5) is 0 Å². The minimum absolute atomic E-state index is 0.133. The molecule has 2 aromatic heterocycles. The van der Waals surface area contributed by atoms with Gasteiger partial charge in [-0.2, -0.15) is 0 Å². The number of nitrogens with zero attached hydrogens (tertiary/aromatic N) is 2. The maximum Gasteiger partial charge on any atom is 0.258 e. The molecule has 0 amide bonds. The van der Waals surface area contributed by atoms with E-state index in [-0.39, 0.29) is 16.6 Å². The third-order valence-corrected chi connectivity index (χ3v) is 6.04. The summed E-state index contributed by atoms with van der Waals surface area (Å²) in [7, 11) is -2.93. The van der Waals surface area contributed by atoms with Crippen molar-refractivity contribution in [2.75, 3.05) is 12.3 Å². The number of fused-ring (bicyclic) bond motifs is 1. The first-order valence-electron chi connectivity index (χ1n) is 6.96.